The molecule has 0 saturated carbocycles. The molecule has 0 amide bonds. The van der Waals surface area contributed by atoms with Crippen molar-refractivity contribution >= 4 is 28.2 Å². The van der Waals surface area contributed by atoms with Crippen molar-refractivity contribution in [1.29, 1.82) is 0 Å². The zero-order valence-electron chi connectivity index (χ0n) is 10.9. The minimum absolute atomic E-state index is 0.00197. The third kappa shape index (κ3) is 2.83. The molecule has 0 unspecified atom stereocenters. The normalized spacial score (nSPS) is 10.7. The molecule has 2 aromatic carbocycles. The largest absolute Gasteiger partial charge is 0.489 e. The van der Waals surface area contributed by atoms with E-state index in [1.807, 2.05) is 30.5 Å². The van der Waals surface area contributed by atoms with E-state index in [1.165, 1.54) is 12.1 Å². The highest BCUT2D eigenvalue weighted by Crippen LogP contribution is 2.25. The van der Waals surface area contributed by atoms with Crippen LogP contribution in [0, 0.1) is 10.1 Å². The van der Waals surface area contributed by atoms with Gasteiger partial charge in [-0.05, 0) is 36.4 Å². The van der Waals surface area contributed by atoms with Gasteiger partial charge < -0.3 is 9.72 Å². The van der Waals surface area contributed by atoms with Crippen molar-refractivity contribution in [2.75, 3.05) is 0 Å². The third-order valence-corrected chi connectivity index (χ3v) is 3.39. The Balaban J connectivity index is 1.83. The Morgan fingerprint density at radius 2 is 2.05 bits per heavy atom. The number of hydrogen-bond acceptors (Lipinski definition) is 3. The molecule has 1 heterocycles. The zero-order chi connectivity index (χ0) is 14.8. The smallest absolute Gasteiger partial charge is 0.276 e. The van der Waals surface area contributed by atoms with Crippen molar-refractivity contribution in [3.05, 3.63) is 69.4 Å². The molecule has 0 radical (unpaired) electrons. The third-order valence-electron chi connectivity index (χ3n) is 3.16. The van der Waals surface area contributed by atoms with E-state index in [9.17, 15) is 10.1 Å². The van der Waals surface area contributed by atoms with Gasteiger partial charge in [0.05, 0.1) is 10.5 Å². The molecule has 0 spiro atoms. The van der Waals surface area contributed by atoms with Crippen LogP contribution in [0.4, 0.5) is 5.69 Å². The Morgan fingerprint density at radius 1 is 1.19 bits per heavy atom. The van der Waals surface area contributed by atoms with Crippen LogP contribution in [0.2, 0.25) is 5.02 Å². The van der Waals surface area contributed by atoms with Crippen LogP contribution >= 0.6 is 11.6 Å². The fraction of sp³-hybridized carbons (Fsp3) is 0.0667. The number of nitro groups is 1. The summed E-state index contributed by atoms with van der Waals surface area (Å²) in [6.45, 7) is 0.0901. The summed E-state index contributed by atoms with van der Waals surface area (Å²) >= 11 is 5.88. The van der Waals surface area contributed by atoms with Crippen LogP contribution in [-0.4, -0.2) is 9.91 Å². The van der Waals surface area contributed by atoms with Crippen LogP contribution < -0.4 is 4.74 Å². The first-order chi connectivity index (χ1) is 10.1. The van der Waals surface area contributed by atoms with E-state index in [1.54, 1.807) is 6.07 Å². The first kappa shape index (κ1) is 13.5. The van der Waals surface area contributed by atoms with Crippen molar-refractivity contribution in [3.63, 3.8) is 0 Å². The number of benzene rings is 2. The van der Waals surface area contributed by atoms with E-state index < -0.39 is 4.92 Å². The number of hydrogen-bond donors (Lipinski definition) is 1. The van der Waals surface area contributed by atoms with Gasteiger partial charge in [0.15, 0.2) is 0 Å². The Morgan fingerprint density at radius 3 is 2.86 bits per heavy atom. The number of halogens is 1. The van der Waals surface area contributed by atoms with Gasteiger partial charge in [-0.15, -0.1) is 0 Å². The molecule has 0 aliphatic rings. The molecule has 3 aromatic rings. The molecule has 106 valence electrons. The Hall–Kier alpha value is -2.53. The molecule has 3 rings (SSSR count). The molecule has 5 nitrogen and oxygen atoms in total. The average Bonchev–Trinajstić information content (AvgIpc) is 2.92. The molecule has 6 heteroatoms. The summed E-state index contributed by atoms with van der Waals surface area (Å²) in [4.78, 5) is 13.6. The summed E-state index contributed by atoms with van der Waals surface area (Å²) < 4.78 is 5.64. The predicted octanol–water partition coefficient (Wildman–Crippen LogP) is 4.31. The minimum Gasteiger partial charge on any atom is -0.489 e. The van der Waals surface area contributed by atoms with Crippen LogP contribution in [0.5, 0.6) is 5.75 Å². The Bertz CT molecular complexity index is 814. The lowest BCUT2D eigenvalue weighted by atomic mass is 10.2. The number of H-pyrrole nitrogens is 1. The van der Waals surface area contributed by atoms with E-state index in [0.29, 0.717) is 16.3 Å². The van der Waals surface area contributed by atoms with E-state index in [2.05, 4.69) is 4.98 Å². The Kier molecular flexibility index (Phi) is 3.50. The lowest BCUT2D eigenvalue weighted by Crippen LogP contribution is -2.00. The van der Waals surface area contributed by atoms with Crippen molar-refractivity contribution in [1.82, 2.24) is 4.98 Å². The molecular formula is C15H11ClN2O3. The maximum Gasteiger partial charge on any atom is 0.276 e. The van der Waals surface area contributed by atoms with Crippen molar-refractivity contribution in [2.24, 2.45) is 0 Å². The molecule has 0 saturated heterocycles. The number of nitrogens with zero attached hydrogens (tertiary/aromatic N) is 1. The van der Waals surface area contributed by atoms with E-state index >= 15 is 0 Å². The summed E-state index contributed by atoms with van der Waals surface area (Å²) in [6.07, 6.45) is 1.84. The molecule has 0 fully saturated rings. The quantitative estimate of drug-likeness (QED) is 0.577. The van der Waals surface area contributed by atoms with E-state index in [-0.39, 0.29) is 12.3 Å². The highest BCUT2D eigenvalue weighted by atomic mass is 35.5. The summed E-state index contributed by atoms with van der Waals surface area (Å²) in [6, 6.07) is 12.0. The second kappa shape index (κ2) is 5.46. The number of ether oxygens (including phenoxy) is 1. The first-order valence-corrected chi connectivity index (χ1v) is 6.64. The maximum absolute atomic E-state index is 11.0. The lowest BCUT2D eigenvalue weighted by molar-refractivity contribution is -0.385. The van der Waals surface area contributed by atoms with Gasteiger partial charge in [0.1, 0.15) is 12.4 Å². The molecule has 0 atom stereocenters. The van der Waals surface area contributed by atoms with Crippen molar-refractivity contribution in [2.45, 2.75) is 6.61 Å². The monoisotopic (exact) mass is 302 g/mol. The molecule has 1 aromatic heterocycles. The topological polar surface area (TPSA) is 68.2 Å². The molecule has 0 bridgehead atoms. The van der Waals surface area contributed by atoms with Crippen LogP contribution in [0.15, 0.2) is 48.7 Å². The minimum atomic E-state index is -0.440. The summed E-state index contributed by atoms with van der Waals surface area (Å²) in [5.41, 5.74) is 1.46. The van der Waals surface area contributed by atoms with E-state index in [0.717, 1.165) is 10.9 Å². The standard InChI is InChI=1S/C15H11ClN2O3/c16-12-1-4-15(18(19)20)11(7-12)9-21-13-2-3-14-10(8-13)5-6-17-14/h1-8,17H,9H2. The van der Waals surface area contributed by atoms with Gasteiger partial charge in [-0.2, -0.15) is 0 Å². The SMILES string of the molecule is O=[N+]([O-])c1ccc(Cl)cc1COc1ccc2[nH]ccc2c1. The van der Waals surface area contributed by atoms with Gasteiger partial charge in [0, 0.05) is 28.2 Å². The molecule has 21 heavy (non-hydrogen) atoms. The molecular weight excluding hydrogens is 292 g/mol. The van der Waals surface area contributed by atoms with Gasteiger partial charge in [0.2, 0.25) is 0 Å². The van der Waals surface area contributed by atoms with Crippen LogP contribution in [-0.2, 0) is 6.61 Å². The first-order valence-electron chi connectivity index (χ1n) is 6.26. The highest BCUT2D eigenvalue weighted by Gasteiger charge is 2.14. The van der Waals surface area contributed by atoms with Gasteiger partial charge in [0.25, 0.3) is 5.69 Å². The second-order valence-corrected chi connectivity index (χ2v) is 4.98. The van der Waals surface area contributed by atoms with Crippen LogP contribution in [0.3, 0.4) is 0 Å². The maximum atomic E-state index is 11.0. The van der Waals surface area contributed by atoms with Gasteiger partial charge >= 0.3 is 0 Å². The summed E-state index contributed by atoms with van der Waals surface area (Å²) in [7, 11) is 0. The fourth-order valence-corrected chi connectivity index (χ4v) is 2.32. The molecule has 1 N–H and O–H groups in total. The number of nitrogens with one attached hydrogen (secondary N) is 1. The average molecular weight is 303 g/mol. The number of rotatable bonds is 4. The number of aromatic nitrogens is 1. The number of fused-ring (bicyclic) bond motifs is 1. The van der Waals surface area contributed by atoms with Gasteiger partial charge in [-0.25, -0.2) is 0 Å². The lowest BCUT2D eigenvalue weighted by Gasteiger charge is -2.07. The summed E-state index contributed by atoms with van der Waals surface area (Å²) in [5, 5.41) is 12.5. The Labute approximate surface area is 125 Å². The number of nitro benzene ring substituents is 1. The van der Waals surface area contributed by atoms with Crippen LogP contribution in [0.1, 0.15) is 5.56 Å². The van der Waals surface area contributed by atoms with Crippen LogP contribution in [0.25, 0.3) is 10.9 Å². The zero-order valence-corrected chi connectivity index (χ0v) is 11.6. The molecule has 0 aliphatic carbocycles. The van der Waals surface area contributed by atoms with Gasteiger partial charge in [-0.1, -0.05) is 11.6 Å². The predicted molar refractivity (Wildman–Crippen MR) is 80.7 cm³/mol. The summed E-state index contributed by atoms with van der Waals surface area (Å²) in [5.74, 6) is 0.649. The second-order valence-electron chi connectivity index (χ2n) is 4.55. The highest BCUT2D eigenvalue weighted by molar-refractivity contribution is 6.30. The van der Waals surface area contributed by atoms with Crippen molar-refractivity contribution in [3.8, 4) is 5.75 Å². The van der Waals surface area contributed by atoms with E-state index in [4.69, 9.17) is 16.3 Å². The number of aromatic amines is 1. The van der Waals surface area contributed by atoms with Gasteiger partial charge in [-0.3, -0.25) is 10.1 Å². The van der Waals surface area contributed by atoms with Crippen molar-refractivity contribution < 1.29 is 9.66 Å². The molecule has 0 aliphatic heterocycles. The fourth-order valence-electron chi connectivity index (χ4n) is 2.13.